The Labute approximate surface area is 234 Å². The molecule has 39 heavy (non-hydrogen) atoms. The number of nitrogens with one attached hydrogen (secondary N) is 1. The molecule has 3 atom stereocenters. The summed E-state index contributed by atoms with van der Waals surface area (Å²) in [5.74, 6) is -2.17. The van der Waals surface area contributed by atoms with Crippen molar-refractivity contribution in [1.29, 1.82) is 0 Å². The molecular formula is C26H30N6O5S2. The van der Waals surface area contributed by atoms with Crippen LogP contribution >= 0.6 is 23.1 Å². The summed E-state index contributed by atoms with van der Waals surface area (Å²) in [6.45, 7) is 0.457. The summed E-state index contributed by atoms with van der Waals surface area (Å²) >= 11 is 2.56. The molecule has 2 unspecified atom stereocenters. The number of nitrogens with two attached hydrogens (primary N) is 1. The molecule has 3 N–H and O–H groups in total. The number of aryl methyl sites for hydroxylation is 1. The third-order valence-electron chi connectivity index (χ3n) is 7.47. The summed E-state index contributed by atoms with van der Waals surface area (Å²) in [7, 11) is 5.50. The van der Waals surface area contributed by atoms with Crippen LogP contribution in [0.1, 0.15) is 35.7 Å². The lowest BCUT2D eigenvalue weighted by Gasteiger charge is -2.51. The van der Waals surface area contributed by atoms with Crippen LogP contribution in [0.15, 0.2) is 46.1 Å². The zero-order chi connectivity index (χ0) is 27.9. The molecule has 2 aliphatic heterocycles. The van der Waals surface area contributed by atoms with Crippen LogP contribution in [0.25, 0.3) is 0 Å². The minimum atomic E-state index is -1.39. The number of β-lactam (4-membered cyclic amide) rings is 1. The Balaban J connectivity index is 1.35. The lowest BCUT2D eigenvalue weighted by molar-refractivity contribution is -0.917. The van der Waals surface area contributed by atoms with E-state index in [1.165, 1.54) is 34.9 Å². The van der Waals surface area contributed by atoms with E-state index >= 15 is 0 Å². The van der Waals surface area contributed by atoms with Crippen LogP contribution in [0.5, 0.6) is 0 Å². The Hall–Kier alpha value is -3.42. The lowest BCUT2D eigenvalue weighted by Crippen LogP contribution is -2.71. The summed E-state index contributed by atoms with van der Waals surface area (Å²) < 4.78 is 0.560. The normalized spacial score (nSPS) is 23.1. The van der Waals surface area contributed by atoms with Gasteiger partial charge in [-0.1, -0.05) is 29.4 Å². The van der Waals surface area contributed by atoms with Gasteiger partial charge < -0.3 is 30.3 Å². The summed E-state index contributed by atoms with van der Waals surface area (Å²) in [4.78, 5) is 48.6. The highest BCUT2D eigenvalue weighted by atomic mass is 32.2. The number of benzene rings is 1. The largest absolute Gasteiger partial charge is 0.543 e. The average molecular weight is 571 g/mol. The van der Waals surface area contributed by atoms with Gasteiger partial charge >= 0.3 is 0 Å². The quantitative estimate of drug-likeness (QED) is 0.203. The van der Waals surface area contributed by atoms with Crippen molar-refractivity contribution in [3.63, 3.8) is 0 Å². The van der Waals surface area contributed by atoms with E-state index in [1.54, 1.807) is 5.38 Å². The number of likely N-dealkylation sites (N-methyl/N-ethyl adjacent to an activating group) is 1. The summed E-state index contributed by atoms with van der Waals surface area (Å²) in [6, 6.07) is 7.70. The van der Waals surface area contributed by atoms with E-state index in [4.69, 9.17) is 10.6 Å². The smallest absolute Gasteiger partial charge is 0.276 e. The number of carbonyl (C=O) groups excluding carboxylic acids is 3. The van der Waals surface area contributed by atoms with Crippen LogP contribution in [0.4, 0.5) is 5.13 Å². The maximum atomic E-state index is 13.2. The number of fused-ring (bicyclic) bond motifs is 2. The fourth-order valence-corrected chi connectivity index (χ4v) is 7.63. The zero-order valence-corrected chi connectivity index (χ0v) is 23.5. The van der Waals surface area contributed by atoms with E-state index < -0.39 is 29.2 Å². The Morgan fingerprint density at radius 2 is 2.10 bits per heavy atom. The van der Waals surface area contributed by atoms with Crippen LogP contribution in [-0.4, -0.2) is 82.8 Å². The molecule has 0 saturated carbocycles. The molecule has 1 fully saturated rings. The van der Waals surface area contributed by atoms with Crippen molar-refractivity contribution in [2.24, 2.45) is 5.16 Å². The van der Waals surface area contributed by atoms with Crippen LogP contribution in [0, 0.1) is 0 Å². The number of anilines is 1. The van der Waals surface area contributed by atoms with Gasteiger partial charge in [-0.2, -0.15) is 0 Å². The first-order chi connectivity index (χ1) is 18.6. The number of hydrogen-bond donors (Lipinski definition) is 2. The van der Waals surface area contributed by atoms with Crippen molar-refractivity contribution in [3.8, 4) is 0 Å². The van der Waals surface area contributed by atoms with E-state index in [1.807, 2.05) is 6.07 Å². The third-order valence-corrected chi connectivity index (χ3v) is 9.48. The number of hydrogen-bond acceptors (Lipinski definition) is 10. The minimum Gasteiger partial charge on any atom is -0.543 e. The molecule has 1 aromatic heterocycles. The SMILES string of the molecule is CO/N=C(\C(=O)N[C@@H]1C(=O)N2C(C(=O)[O-])=C(C[N+](C)(C)C3CCCc4ccccc43)CSC12)c1csc(N)n1. The number of thiazole rings is 1. The summed E-state index contributed by atoms with van der Waals surface area (Å²) in [5.41, 5.74) is 8.97. The number of carboxylic acid groups (broad SMARTS) is 1. The van der Waals surface area contributed by atoms with Crippen molar-refractivity contribution in [2.75, 3.05) is 39.2 Å². The van der Waals surface area contributed by atoms with E-state index in [2.05, 4.69) is 47.8 Å². The highest BCUT2D eigenvalue weighted by Gasteiger charge is 2.54. The second-order valence-corrected chi connectivity index (χ2v) is 12.3. The fourth-order valence-electron chi connectivity index (χ4n) is 5.75. The highest BCUT2D eigenvalue weighted by Crippen LogP contribution is 2.43. The van der Waals surface area contributed by atoms with Crippen LogP contribution in [-0.2, 0) is 25.6 Å². The predicted molar refractivity (Wildman–Crippen MR) is 146 cm³/mol. The van der Waals surface area contributed by atoms with Crippen LogP contribution in [0.2, 0.25) is 0 Å². The molecule has 206 valence electrons. The molecule has 0 spiro atoms. The number of nitrogens with zero attached hydrogens (tertiary/aromatic N) is 4. The van der Waals surface area contributed by atoms with Crippen LogP contribution in [0.3, 0.4) is 0 Å². The molecule has 5 rings (SSSR count). The number of aliphatic carboxylic acids is 1. The minimum absolute atomic E-state index is 0.0948. The average Bonchev–Trinajstić information content (AvgIpc) is 3.34. The van der Waals surface area contributed by atoms with Crippen molar-refractivity contribution in [1.82, 2.24) is 15.2 Å². The number of quaternary nitrogens is 1. The molecule has 2 aromatic rings. The van der Waals surface area contributed by atoms with Crippen molar-refractivity contribution in [2.45, 2.75) is 36.7 Å². The summed E-state index contributed by atoms with van der Waals surface area (Å²) in [5, 5.41) is 20.0. The zero-order valence-electron chi connectivity index (χ0n) is 21.9. The van der Waals surface area contributed by atoms with E-state index in [0.717, 1.165) is 30.6 Å². The number of thioether (sulfide) groups is 1. The maximum absolute atomic E-state index is 13.2. The number of oxime groups is 1. The van der Waals surface area contributed by atoms with Crippen LogP contribution < -0.4 is 16.2 Å². The number of aromatic nitrogens is 1. The molecule has 1 aliphatic carbocycles. The van der Waals surface area contributed by atoms with Gasteiger partial charge in [0.05, 0.1) is 25.8 Å². The van der Waals surface area contributed by atoms with Gasteiger partial charge in [-0.05, 0) is 18.4 Å². The van der Waals surface area contributed by atoms with Gasteiger partial charge in [-0.3, -0.25) is 14.5 Å². The monoisotopic (exact) mass is 570 g/mol. The molecule has 1 aromatic carbocycles. The molecule has 1 saturated heterocycles. The van der Waals surface area contributed by atoms with Gasteiger partial charge in [0, 0.05) is 28.7 Å². The molecule has 3 heterocycles. The standard InChI is InChI=1S/C26H30N6O5S2/c1-32(2,18-10-6-8-14-7-4-5-9-16(14)18)11-15-12-38-24-20(23(34)31(24)21(15)25(35)36)29-22(33)19(30-37-3)17-13-39-26(27)28-17/h4-5,7,9,13,18,20,24H,6,8,10-12H2,1-3H3,(H3-,27,28,29,33,35,36)/b30-19-/t18?,20-,24?/m1/s1. The Morgan fingerprint density at radius 3 is 2.79 bits per heavy atom. The van der Waals surface area contributed by atoms with Gasteiger partial charge in [-0.15, -0.1) is 23.1 Å². The molecule has 13 heteroatoms. The second-order valence-electron chi connectivity index (χ2n) is 10.3. The fraction of sp³-hybridized carbons (Fsp3) is 0.423. The van der Waals surface area contributed by atoms with E-state index in [0.29, 0.717) is 22.4 Å². The third kappa shape index (κ3) is 5.01. The van der Waals surface area contributed by atoms with Crippen molar-refractivity contribution >= 4 is 51.7 Å². The molecule has 0 bridgehead atoms. The van der Waals surface area contributed by atoms with Crippen molar-refractivity contribution < 1.29 is 28.8 Å². The van der Waals surface area contributed by atoms with Gasteiger partial charge in [0.25, 0.3) is 11.8 Å². The topological polar surface area (TPSA) is 150 Å². The van der Waals surface area contributed by atoms with E-state index in [9.17, 15) is 19.5 Å². The number of rotatable bonds is 8. The number of amides is 2. The van der Waals surface area contributed by atoms with Gasteiger partial charge in [0.15, 0.2) is 10.8 Å². The first-order valence-electron chi connectivity index (χ1n) is 12.5. The number of carbonyl (C=O) groups is 3. The van der Waals surface area contributed by atoms with Crippen molar-refractivity contribution in [3.05, 3.63) is 57.7 Å². The Kier molecular flexibility index (Phi) is 7.40. The molecule has 2 amide bonds. The van der Waals surface area contributed by atoms with E-state index in [-0.39, 0.29) is 28.3 Å². The first kappa shape index (κ1) is 27.2. The summed E-state index contributed by atoms with van der Waals surface area (Å²) in [6.07, 6.45) is 3.11. The second kappa shape index (κ2) is 10.6. The molecule has 11 nitrogen and oxygen atoms in total. The Morgan fingerprint density at radius 1 is 1.33 bits per heavy atom. The number of carboxylic acids is 1. The first-order valence-corrected chi connectivity index (χ1v) is 14.5. The van der Waals surface area contributed by atoms with Gasteiger partial charge in [0.2, 0.25) is 0 Å². The van der Waals surface area contributed by atoms with Gasteiger partial charge in [-0.25, -0.2) is 4.98 Å². The van der Waals surface area contributed by atoms with Gasteiger partial charge in [0.1, 0.15) is 36.8 Å². The lowest BCUT2D eigenvalue weighted by atomic mass is 9.85. The maximum Gasteiger partial charge on any atom is 0.276 e. The number of nitrogen functional groups attached to an aromatic ring is 1. The predicted octanol–water partition coefficient (Wildman–Crippen LogP) is 0.634. The molecule has 3 aliphatic rings. The Bertz CT molecular complexity index is 1390. The molecular weight excluding hydrogens is 540 g/mol. The molecule has 0 radical (unpaired) electrons. The highest BCUT2D eigenvalue weighted by molar-refractivity contribution is 8.00.